The van der Waals surface area contributed by atoms with Crippen molar-refractivity contribution < 1.29 is 13.2 Å². The summed E-state index contributed by atoms with van der Waals surface area (Å²) in [6, 6.07) is 7.46. The summed E-state index contributed by atoms with van der Waals surface area (Å²) in [5, 5.41) is 0. The number of ether oxygens (including phenoxy) is 1. The molecule has 0 spiro atoms. The van der Waals surface area contributed by atoms with Crippen LogP contribution in [0.1, 0.15) is 26.3 Å². The standard InChI is InChI=1S/C13H21NO3S/c1-4-18(15,16)14-9-12-5-7-13(8-6-12)17-10-11(2)3/h5-8,11,14H,4,9-10H2,1-3H3. The molecule has 0 amide bonds. The molecule has 0 aliphatic rings. The third kappa shape index (κ3) is 5.51. The third-order valence-corrected chi connectivity index (χ3v) is 3.73. The Morgan fingerprint density at radius 2 is 1.83 bits per heavy atom. The van der Waals surface area contributed by atoms with Gasteiger partial charge in [0.05, 0.1) is 12.4 Å². The first-order valence-electron chi connectivity index (χ1n) is 6.12. The summed E-state index contributed by atoms with van der Waals surface area (Å²) < 4.78 is 30.6. The maximum atomic E-state index is 11.3. The van der Waals surface area contributed by atoms with Crippen molar-refractivity contribution in [3.8, 4) is 5.75 Å². The van der Waals surface area contributed by atoms with E-state index in [2.05, 4.69) is 18.6 Å². The fourth-order valence-electron chi connectivity index (χ4n) is 1.26. The largest absolute Gasteiger partial charge is 0.493 e. The van der Waals surface area contributed by atoms with Gasteiger partial charge in [0.15, 0.2) is 0 Å². The van der Waals surface area contributed by atoms with E-state index in [-0.39, 0.29) is 5.75 Å². The molecule has 0 aliphatic heterocycles. The van der Waals surface area contributed by atoms with Crippen molar-refractivity contribution in [1.82, 2.24) is 4.72 Å². The van der Waals surface area contributed by atoms with Gasteiger partial charge in [-0.05, 0) is 30.5 Å². The van der Waals surface area contributed by atoms with Crippen LogP contribution in [0.5, 0.6) is 5.75 Å². The molecule has 0 saturated heterocycles. The van der Waals surface area contributed by atoms with E-state index in [1.165, 1.54) is 0 Å². The summed E-state index contributed by atoms with van der Waals surface area (Å²) in [6.07, 6.45) is 0. The van der Waals surface area contributed by atoms with Crippen molar-refractivity contribution in [2.75, 3.05) is 12.4 Å². The Morgan fingerprint density at radius 1 is 1.22 bits per heavy atom. The first-order valence-corrected chi connectivity index (χ1v) is 7.77. The molecule has 1 aromatic carbocycles. The van der Waals surface area contributed by atoms with Crippen LogP contribution in [0.3, 0.4) is 0 Å². The molecule has 18 heavy (non-hydrogen) atoms. The first kappa shape index (κ1) is 15.0. The van der Waals surface area contributed by atoms with Gasteiger partial charge in [0.25, 0.3) is 0 Å². The minimum absolute atomic E-state index is 0.0998. The minimum Gasteiger partial charge on any atom is -0.493 e. The lowest BCUT2D eigenvalue weighted by atomic mass is 10.2. The monoisotopic (exact) mass is 271 g/mol. The highest BCUT2D eigenvalue weighted by molar-refractivity contribution is 7.89. The molecule has 0 aromatic heterocycles. The molecule has 0 bridgehead atoms. The van der Waals surface area contributed by atoms with E-state index in [1.54, 1.807) is 6.92 Å². The predicted octanol–water partition coefficient (Wildman–Crippen LogP) is 2.16. The number of hydrogen-bond donors (Lipinski definition) is 1. The molecule has 0 saturated carbocycles. The van der Waals surface area contributed by atoms with Crippen molar-refractivity contribution in [1.29, 1.82) is 0 Å². The molecule has 102 valence electrons. The zero-order valence-electron chi connectivity index (χ0n) is 11.1. The van der Waals surface area contributed by atoms with Crippen LogP contribution in [0, 0.1) is 5.92 Å². The Kier molecular flexibility index (Phi) is 5.62. The molecule has 0 fully saturated rings. The summed E-state index contributed by atoms with van der Waals surface area (Å²) in [7, 11) is -3.13. The Hall–Kier alpha value is -1.07. The van der Waals surface area contributed by atoms with E-state index in [0.29, 0.717) is 19.1 Å². The van der Waals surface area contributed by atoms with Crippen molar-refractivity contribution >= 4 is 10.0 Å². The third-order valence-electron chi connectivity index (χ3n) is 2.38. The Bertz CT molecular complexity index is 452. The van der Waals surface area contributed by atoms with Gasteiger partial charge in [-0.25, -0.2) is 13.1 Å². The van der Waals surface area contributed by atoms with Crippen LogP contribution in [0.15, 0.2) is 24.3 Å². The summed E-state index contributed by atoms with van der Waals surface area (Å²) in [6.45, 7) is 6.80. The van der Waals surface area contributed by atoms with Gasteiger partial charge in [-0.2, -0.15) is 0 Å². The lowest BCUT2D eigenvalue weighted by Crippen LogP contribution is -2.24. The Labute approximate surface area is 109 Å². The highest BCUT2D eigenvalue weighted by atomic mass is 32.2. The predicted molar refractivity (Wildman–Crippen MR) is 73.1 cm³/mol. The average molecular weight is 271 g/mol. The maximum absolute atomic E-state index is 11.3. The van der Waals surface area contributed by atoms with Gasteiger partial charge in [0.2, 0.25) is 10.0 Å². The van der Waals surface area contributed by atoms with Crippen LogP contribution in [0.2, 0.25) is 0 Å². The molecular formula is C13H21NO3S. The molecule has 0 radical (unpaired) electrons. The molecular weight excluding hydrogens is 250 g/mol. The molecule has 0 unspecified atom stereocenters. The molecule has 0 heterocycles. The summed E-state index contributed by atoms with van der Waals surface area (Å²) in [5.74, 6) is 1.40. The van der Waals surface area contributed by atoms with Crippen LogP contribution in [-0.4, -0.2) is 20.8 Å². The summed E-state index contributed by atoms with van der Waals surface area (Å²) in [5.41, 5.74) is 0.920. The maximum Gasteiger partial charge on any atom is 0.211 e. The highest BCUT2D eigenvalue weighted by Crippen LogP contribution is 2.13. The van der Waals surface area contributed by atoms with Crippen molar-refractivity contribution in [2.45, 2.75) is 27.3 Å². The molecule has 1 rings (SSSR count). The van der Waals surface area contributed by atoms with Crippen LogP contribution in [-0.2, 0) is 16.6 Å². The number of benzene rings is 1. The highest BCUT2D eigenvalue weighted by Gasteiger charge is 2.05. The average Bonchev–Trinajstić information content (AvgIpc) is 2.35. The van der Waals surface area contributed by atoms with Gasteiger partial charge < -0.3 is 4.74 Å². The normalized spacial score (nSPS) is 11.8. The molecule has 5 heteroatoms. The fraction of sp³-hybridized carbons (Fsp3) is 0.538. The summed E-state index contributed by atoms with van der Waals surface area (Å²) in [4.78, 5) is 0. The van der Waals surface area contributed by atoms with Crippen LogP contribution >= 0.6 is 0 Å². The molecule has 0 aliphatic carbocycles. The molecule has 1 aromatic rings. The van der Waals surface area contributed by atoms with E-state index in [9.17, 15) is 8.42 Å². The van der Waals surface area contributed by atoms with Crippen LogP contribution in [0.25, 0.3) is 0 Å². The van der Waals surface area contributed by atoms with Crippen LogP contribution in [0.4, 0.5) is 0 Å². The zero-order chi connectivity index (χ0) is 13.6. The van der Waals surface area contributed by atoms with E-state index in [4.69, 9.17) is 4.74 Å². The van der Waals surface area contributed by atoms with Gasteiger partial charge in [0, 0.05) is 6.54 Å². The van der Waals surface area contributed by atoms with E-state index in [0.717, 1.165) is 11.3 Å². The Balaban J connectivity index is 2.50. The molecule has 0 atom stereocenters. The quantitative estimate of drug-likeness (QED) is 0.827. The zero-order valence-corrected chi connectivity index (χ0v) is 12.0. The van der Waals surface area contributed by atoms with Gasteiger partial charge in [-0.3, -0.25) is 0 Å². The van der Waals surface area contributed by atoms with Crippen molar-refractivity contribution in [3.05, 3.63) is 29.8 Å². The van der Waals surface area contributed by atoms with Gasteiger partial charge in [0.1, 0.15) is 5.75 Å². The second-order valence-electron chi connectivity index (χ2n) is 4.57. The second-order valence-corrected chi connectivity index (χ2v) is 6.67. The van der Waals surface area contributed by atoms with Crippen molar-refractivity contribution in [3.63, 3.8) is 0 Å². The SMILES string of the molecule is CCS(=O)(=O)NCc1ccc(OCC(C)C)cc1. The Morgan fingerprint density at radius 3 is 2.33 bits per heavy atom. The van der Waals surface area contributed by atoms with E-state index >= 15 is 0 Å². The van der Waals surface area contributed by atoms with E-state index < -0.39 is 10.0 Å². The lowest BCUT2D eigenvalue weighted by molar-refractivity contribution is 0.271. The number of nitrogens with one attached hydrogen (secondary N) is 1. The number of sulfonamides is 1. The van der Waals surface area contributed by atoms with E-state index in [1.807, 2.05) is 24.3 Å². The van der Waals surface area contributed by atoms with Gasteiger partial charge in [-0.15, -0.1) is 0 Å². The number of hydrogen-bond acceptors (Lipinski definition) is 3. The van der Waals surface area contributed by atoms with Gasteiger partial charge in [-0.1, -0.05) is 26.0 Å². The molecule has 4 nitrogen and oxygen atoms in total. The lowest BCUT2D eigenvalue weighted by Gasteiger charge is -2.09. The van der Waals surface area contributed by atoms with Gasteiger partial charge >= 0.3 is 0 Å². The molecule has 1 N–H and O–H groups in total. The smallest absolute Gasteiger partial charge is 0.211 e. The topological polar surface area (TPSA) is 55.4 Å². The summed E-state index contributed by atoms with van der Waals surface area (Å²) >= 11 is 0. The van der Waals surface area contributed by atoms with Crippen LogP contribution < -0.4 is 9.46 Å². The van der Waals surface area contributed by atoms with Crippen molar-refractivity contribution in [2.24, 2.45) is 5.92 Å². The second kappa shape index (κ2) is 6.75. The first-order chi connectivity index (χ1) is 8.43. The fourth-order valence-corrected chi connectivity index (χ4v) is 1.85. The number of rotatable bonds is 7. The minimum atomic E-state index is -3.13.